The molecule has 0 bridgehead atoms. The number of rotatable bonds is 11. The number of esters is 1. The SMILES string of the molecule is CCC(=O)OCOCCC[C@H](C)OCc1ccc(OC)cc1. The second kappa shape index (κ2) is 11.0. The molecular formula is C17H26O5. The minimum Gasteiger partial charge on any atom is -0.497 e. The van der Waals surface area contributed by atoms with E-state index in [1.54, 1.807) is 14.0 Å². The van der Waals surface area contributed by atoms with E-state index in [1.807, 2.05) is 31.2 Å². The van der Waals surface area contributed by atoms with Crippen molar-refractivity contribution in [3.05, 3.63) is 29.8 Å². The van der Waals surface area contributed by atoms with Gasteiger partial charge in [-0.05, 0) is 37.5 Å². The molecule has 0 aliphatic heterocycles. The maximum absolute atomic E-state index is 10.9. The van der Waals surface area contributed by atoms with Crippen LogP contribution in [0.4, 0.5) is 0 Å². The van der Waals surface area contributed by atoms with Crippen LogP contribution in [-0.4, -0.2) is 32.6 Å². The Morgan fingerprint density at radius 1 is 1.23 bits per heavy atom. The minimum atomic E-state index is -0.240. The predicted molar refractivity (Wildman–Crippen MR) is 83.7 cm³/mol. The lowest BCUT2D eigenvalue weighted by Crippen LogP contribution is -2.11. The summed E-state index contributed by atoms with van der Waals surface area (Å²) in [7, 11) is 1.65. The average Bonchev–Trinajstić information content (AvgIpc) is 2.56. The van der Waals surface area contributed by atoms with E-state index in [0.29, 0.717) is 19.6 Å². The van der Waals surface area contributed by atoms with E-state index >= 15 is 0 Å². The van der Waals surface area contributed by atoms with Gasteiger partial charge in [-0.25, -0.2) is 0 Å². The van der Waals surface area contributed by atoms with Crippen LogP contribution in [-0.2, 0) is 25.6 Å². The zero-order valence-corrected chi connectivity index (χ0v) is 13.7. The summed E-state index contributed by atoms with van der Waals surface area (Å²) in [5.41, 5.74) is 1.12. The number of hydrogen-bond acceptors (Lipinski definition) is 5. The third-order valence-corrected chi connectivity index (χ3v) is 3.18. The summed E-state index contributed by atoms with van der Waals surface area (Å²) in [6.45, 7) is 4.98. The zero-order chi connectivity index (χ0) is 16.2. The maximum Gasteiger partial charge on any atom is 0.307 e. The molecule has 0 aliphatic rings. The van der Waals surface area contributed by atoms with E-state index in [-0.39, 0.29) is 18.9 Å². The molecule has 0 radical (unpaired) electrons. The molecule has 0 amide bonds. The van der Waals surface area contributed by atoms with Crippen molar-refractivity contribution in [2.24, 2.45) is 0 Å². The molecule has 1 atom stereocenters. The third-order valence-electron chi connectivity index (χ3n) is 3.18. The molecule has 0 fully saturated rings. The Kier molecular flexibility index (Phi) is 9.26. The zero-order valence-electron chi connectivity index (χ0n) is 13.7. The lowest BCUT2D eigenvalue weighted by atomic mass is 10.2. The van der Waals surface area contributed by atoms with E-state index in [2.05, 4.69) is 0 Å². The van der Waals surface area contributed by atoms with Gasteiger partial charge < -0.3 is 18.9 Å². The Labute approximate surface area is 132 Å². The highest BCUT2D eigenvalue weighted by Gasteiger charge is 2.04. The normalized spacial score (nSPS) is 12.0. The van der Waals surface area contributed by atoms with Gasteiger partial charge in [0.15, 0.2) is 6.79 Å². The van der Waals surface area contributed by atoms with Crippen LogP contribution in [0, 0.1) is 0 Å². The van der Waals surface area contributed by atoms with Crippen molar-refractivity contribution in [1.29, 1.82) is 0 Å². The van der Waals surface area contributed by atoms with Crippen molar-refractivity contribution >= 4 is 5.97 Å². The summed E-state index contributed by atoms with van der Waals surface area (Å²) in [5.74, 6) is 0.605. The van der Waals surface area contributed by atoms with Gasteiger partial charge in [-0.1, -0.05) is 19.1 Å². The summed E-state index contributed by atoms with van der Waals surface area (Å²) < 4.78 is 21.0. The number of ether oxygens (including phenoxy) is 4. The number of methoxy groups -OCH3 is 1. The third kappa shape index (κ3) is 8.00. The fourth-order valence-corrected chi connectivity index (χ4v) is 1.78. The highest BCUT2D eigenvalue weighted by atomic mass is 16.7. The Hall–Kier alpha value is -1.59. The number of benzene rings is 1. The van der Waals surface area contributed by atoms with Gasteiger partial charge in [0.05, 0.1) is 26.4 Å². The fraction of sp³-hybridized carbons (Fsp3) is 0.588. The van der Waals surface area contributed by atoms with Crippen molar-refractivity contribution in [3.63, 3.8) is 0 Å². The topological polar surface area (TPSA) is 54.0 Å². The van der Waals surface area contributed by atoms with Crippen molar-refractivity contribution in [1.82, 2.24) is 0 Å². The standard InChI is InChI=1S/C17H26O5/c1-4-17(18)22-13-20-11-5-6-14(2)21-12-15-7-9-16(19-3)10-8-15/h7-10,14H,4-6,11-13H2,1-3H3/t14-/m0/s1. The van der Waals surface area contributed by atoms with E-state index < -0.39 is 0 Å². The highest BCUT2D eigenvalue weighted by molar-refractivity contribution is 5.68. The van der Waals surface area contributed by atoms with Gasteiger partial charge >= 0.3 is 5.97 Å². The number of hydrogen-bond donors (Lipinski definition) is 0. The van der Waals surface area contributed by atoms with E-state index in [9.17, 15) is 4.79 Å². The van der Waals surface area contributed by atoms with Crippen molar-refractivity contribution < 1.29 is 23.7 Å². The second-order valence-electron chi connectivity index (χ2n) is 5.01. The van der Waals surface area contributed by atoms with Gasteiger partial charge in [-0.3, -0.25) is 4.79 Å². The molecule has 0 heterocycles. The molecule has 1 aromatic rings. The summed E-state index contributed by atoms with van der Waals surface area (Å²) >= 11 is 0. The molecule has 0 saturated carbocycles. The van der Waals surface area contributed by atoms with Gasteiger partial charge in [0.25, 0.3) is 0 Å². The van der Waals surface area contributed by atoms with Crippen molar-refractivity contribution in [2.45, 2.75) is 45.8 Å². The van der Waals surface area contributed by atoms with Crippen molar-refractivity contribution in [3.8, 4) is 5.75 Å². The monoisotopic (exact) mass is 310 g/mol. The van der Waals surface area contributed by atoms with Gasteiger partial charge in [-0.15, -0.1) is 0 Å². The molecule has 5 heteroatoms. The molecular weight excluding hydrogens is 284 g/mol. The molecule has 0 aromatic heterocycles. The fourth-order valence-electron chi connectivity index (χ4n) is 1.78. The molecule has 1 rings (SSSR count). The molecule has 1 aromatic carbocycles. The van der Waals surface area contributed by atoms with Gasteiger partial charge in [0.1, 0.15) is 5.75 Å². The molecule has 5 nitrogen and oxygen atoms in total. The smallest absolute Gasteiger partial charge is 0.307 e. The lowest BCUT2D eigenvalue weighted by Gasteiger charge is -2.13. The van der Waals surface area contributed by atoms with Crippen LogP contribution in [0.25, 0.3) is 0 Å². The molecule has 0 unspecified atom stereocenters. The molecule has 124 valence electrons. The Morgan fingerprint density at radius 3 is 2.59 bits per heavy atom. The van der Waals surface area contributed by atoms with Crippen LogP contribution < -0.4 is 4.74 Å². The predicted octanol–water partition coefficient (Wildman–Crippen LogP) is 3.31. The molecule has 0 N–H and O–H groups in total. The number of carbonyl (C=O) groups is 1. The Morgan fingerprint density at radius 2 is 1.95 bits per heavy atom. The van der Waals surface area contributed by atoms with Crippen LogP contribution in [0.15, 0.2) is 24.3 Å². The Balaban J connectivity index is 2.05. The van der Waals surface area contributed by atoms with Crippen LogP contribution in [0.3, 0.4) is 0 Å². The summed E-state index contributed by atoms with van der Waals surface area (Å²) in [5, 5.41) is 0. The first-order chi connectivity index (χ1) is 10.7. The lowest BCUT2D eigenvalue weighted by molar-refractivity contribution is -0.156. The first-order valence-corrected chi connectivity index (χ1v) is 7.63. The quantitative estimate of drug-likeness (QED) is 0.356. The van der Waals surface area contributed by atoms with Gasteiger partial charge in [0.2, 0.25) is 0 Å². The van der Waals surface area contributed by atoms with Gasteiger partial charge in [-0.2, -0.15) is 0 Å². The van der Waals surface area contributed by atoms with Crippen LogP contribution >= 0.6 is 0 Å². The molecule has 0 aliphatic carbocycles. The van der Waals surface area contributed by atoms with Crippen LogP contribution in [0.5, 0.6) is 5.75 Å². The van der Waals surface area contributed by atoms with E-state index in [4.69, 9.17) is 18.9 Å². The first-order valence-electron chi connectivity index (χ1n) is 7.63. The summed E-state index contributed by atoms with van der Waals surface area (Å²) in [6, 6.07) is 7.84. The molecule has 22 heavy (non-hydrogen) atoms. The molecule has 0 saturated heterocycles. The van der Waals surface area contributed by atoms with E-state index in [0.717, 1.165) is 24.2 Å². The van der Waals surface area contributed by atoms with Gasteiger partial charge in [0, 0.05) is 6.42 Å². The minimum absolute atomic E-state index is 0.0355. The Bertz CT molecular complexity index is 416. The van der Waals surface area contributed by atoms with Crippen LogP contribution in [0.1, 0.15) is 38.7 Å². The second-order valence-corrected chi connectivity index (χ2v) is 5.01. The largest absolute Gasteiger partial charge is 0.497 e. The van der Waals surface area contributed by atoms with Crippen molar-refractivity contribution in [2.75, 3.05) is 20.5 Å². The van der Waals surface area contributed by atoms with Crippen LogP contribution in [0.2, 0.25) is 0 Å². The molecule has 0 spiro atoms. The first kappa shape index (κ1) is 18.5. The van der Waals surface area contributed by atoms with E-state index in [1.165, 1.54) is 0 Å². The highest BCUT2D eigenvalue weighted by Crippen LogP contribution is 2.13. The summed E-state index contributed by atoms with van der Waals surface area (Å²) in [4.78, 5) is 10.9. The maximum atomic E-state index is 10.9. The summed E-state index contributed by atoms with van der Waals surface area (Å²) in [6.07, 6.45) is 2.30. The number of carbonyl (C=O) groups excluding carboxylic acids is 1. The average molecular weight is 310 g/mol.